The lowest BCUT2D eigenvalue weighted by atomic mass is 10.1. The van der Waals surface area contributed by atoms with Crippen molar-refractivity contribution < 1.29 is 9.59 Å². The summed E-state index contributed by atoms with van der Waals surface area (Å²) >= 11 is 0. The molecule has 2 aromatic rings. The van der Waals surface area contributed by atoms with Crippen molar-refractivity contribution in [2.24, 2.45) is 0 Å². The number of hydrogen-bond acceptors (Lipinski definition) is 2. The Labute approximate surface area is 124 Å². The van der Waals surface area contributed by atoms with E-state index in [-0.39, 0.29) is 11.8 Å². The van der Waals surface area contributed by atoms with E-state index in [4.69, 9.17) is 0 Å². The van der Waals surface area contributed by atoms with Crippen molar-refractivity contribution in [1.82, 2.24) is 0 Å². The Kier molecular flexibility index (Phi) is 4.38. The minimum atomic E-state index is -0.139. The van der Waals surface area contributed by atoms with Crippen molar-refractivity contribution >= 4 is 23.2 Å². The standard InChI is InChI=1S/C17H18N2O2/c1-11-4-9-16(12(2)10-11)17(21)19-15-7-5-14(6-8-15)18-13(3)20/h4-10H,1-3H3,(H,18,20)(H,19,21). The van der Waals surface area contributed by atoms with E-state index in [1.165, 1.54) is 6.92 Å². The fourth-order valence-electron chi connectivity index (χ4n) is 2.11. The van der Waals surface area contributed by atoms with Crippen LogP contribution in [0.4, 0.5) is 11.4 Å². The summed E-state index contributed by atoms with van der Waals surface area (Å²) in [6.45, 7) is 5.37. The highest BCUT2D eigenvalue weighted by atomic mass is 16.2. The summed E-state index contributed by atoms with van der Waals surface area (Å²) in [5.74, 6) is -0.262. The van der Waals surface area contributed by atoms with E-state index in [9.17, 15) is 9.59 Å². The van der Waals surface area contributed by atoms with Crippen LogP contribution in [-0.2, 0) is 4.79 Å². The Balaban J connectivity index is 2.10. The molecule has 0 aliphatic carbocycles. The molecular formula is C17H18N2O2. The molecule has 0 bridgehead atoms. The molecule has 2 amide bonds. The van der Waals surface area contributed by atoms with Crippen molar-refractivity contribution in [2.45, 2.75) is 20.8 Å². The van der Waals surface area contributed by atoms with Gasteiger partial charge in [0.1, 0.15) is 0 Å². The summed E-state index contributed by atoms with van der Waals surface area (Å²) in [6.07, 6.45) is 0. The minimum Gasteiger partial charge on any atom is -0.326 e. The quantitative estimate of drug-likeness (QED) is 0.905. The highest BCUT2D eigenvalue weighted by molar-refractivity contribution is 6.05. The maximum atomic E-state index is 12.2. The Bertz CT molecular complexity index is 676. The summed E-state index contributed by atoms with van der Waals surface area (Å²) in [5.41, 5.74) is 4.12. The van der Waals surface area contributed by atoms with Crippen LogP contribution in [0.15, 0.2) is 42.5 Å². The second kappa shape index (κ2) is 6.22. The van der Waals surface area contributed by atoms with Crippen LogP contribution in [-0.4, -0.2) is 11.8 Å². The van der Waals surface area contributed by atoms with Gasteiger partial charge in [0.05, 0.1) is 0 Å². The van der Waals surface area contributed by atoms with Crippen molar-refractivity contribution in [3.63, 3.8) is 0 Å². The number of carbonyl (C=O) groups is 2. The van der Waals surface area contributed by atoms with Crippen LogP contribution in [0, 0.1) is 13.8 Å². The zero-order chi connectivity index (χ0) is 15.4. The Hall–Kier alpha value is -2.62. The molecule has 21 heavy (non-hydrogen) atoms. The smallest absolute Gasteiger partial charge is 0.255 e. The molecule has 108 valence electrons. The second-order valence-electron chi connectivity index (χ2n) is 5.03. The first-order valence-electron chi connectivity index (χ1n) is 6.72. The molecule has 0 aliphatic rings. The highest BCUT2D eigenvalue weighted by Gasteiger charge is 2.09. The highest BCUT2D eigenvalue weighted by Crippen LogP contribution is 2.16. The van der Waals surface area contributed by atoms with Crippen molar-refractivity contribution in [2.75, 3.05) is 10.6 Å². The summed E-state index contributed by atoms with van der Waals surface area (Å²) in [6, 6.07) is 12.7. The molecular weight excluding hydrogens is 264 g/mol. The Morgan fingerprint density at radius 3 is 1.95 bits per heavy atom. The lowest BCUT2D eigenvalue weighted by Gasteiger charge is -2.09. The van der Waals surface area contributed by atoms with Crippen LogP contribution in [0.2, 0.25) is 0 Å². The van der Waals surface area contributed by atoms with Gasteiger partial charge in [-0.05, 0) is 49.7 Å². The average molecular weight is 282 g/mol. The van der Waals surface area contributed by atoms with Gasteiger partial charge in [-0.15, -0.1) is 0 Å². The molecule has 0 aliphatic heterocycles. The first-order chi connectivity index (χ1) is 9.95. The number of amides is 2. The maximum absolute atomic E-state index is 12.2. The summed E-state index contributed by atoms with van der Waals surface area (Å²) in [7, 11) is 0. The molecule has 0 radical (unpaired) electrons. The van der Waals surface area contributed by atoms with Gasteiger partial charge in [0.15, 0.2) is 0 Å². The fraction of sp³-hybridized carbons (Fsp3) is 0.176. The molecule has 0 heterocycles. The van der Waals surface area contributed by atoms with Gasteiger partial charge >= 0.3 is 0 Å². The van der Waals surface area contributed by atoms with Gasteiger partial charge in [-0.25, -0.2) is 0 Å². The summed E-state index contributed by atoms with van der Waals surface area (Å²) < 4.78 is 0. The lowest BCUT2D eigenvalue weighted by Crippen LogP contribution is -2.13. The van der Waals surface area contributed by atoms with Gasteiger partial charge in [-0.3, -0.25) is 9.59 Å². The number of nitrogens with one attached hydrogen (secondary N) is 2. The predicted octanol–water partition coefficient (Wildman–Crippen LogP) is 3.51. The topological polar surface area (TPSA) is 58.2 Å². The average Bonchev–Trinajstić information content (AvgIpc) is 2.40. The SMILES string of the molecule is CC(=O)Nc1ccc(NC(=O)c2ccc(C)cc2C)cc1. The van der Waals surface area contributed by atoms with Gasteiger partial charge in [0.2, 0.25) is 5.91 Å². The fourth-order valence-corrected chi connectivity index (χ4v) is 2.11. The number of anilines is 2. The molecule has 0 aromatic heterocycles. The molecule has 0 unspecified atom stereocenters. The molecule has 4 heteroatoms. The largest absolute Gasteiger partial charge is 0.326 e. The normalized spacial score (nSPS) is 10.0. The van der Waals surface area contributed by atoms with Crippen LogP contribution in [0.1, 0.15) is 28.4 Å². The van der Waals surface area contributed by atoms with E-state index in [2.05, 4.69) is 10.6 Å². The van der Waals surface area contributed by atoms with E-state index in [0.717, 1.165) is 11.1 Å². The summed E-state index contributed by atoms with van der Waals surface area (Å²) in [4.78, 5) is 23.2. The monoisotopic (exact) mass is 282 g/mol. The zero-order valence-corrected chi connectivity index (χ0v) is 12.4. The van der Waals surface area contributed by atoms with Gasteiger partial charge < -0.3 is 10.6 Å². The van der Waals surface area contributed by atoms with Crippen LogP contribution < -0.4 is 10.6 Å². The number of aryl methyl sites for hydroxylation is 2. The minimum absolute atomic E-state index is 0.123. The molecule has 2 N–H and O–H groups in total. The molecule has 2 rings (SSSR count). The Morgan fingerprint density at radius 1 is 0.857 bits per heavy atom. The van der Waals surface area contributed by atoms with Crippen molar-refractivity contribution in [3.8, 4) is 0 Å². The third kappa shape index (κ3) is 3.92. The van der Waals surface area contributed by atoms with Crippen LogP contribution in [0.5, 0.6) is 0 Å². The Morgan fingerprint density at radius 2 is 1.43 bits per heavy atom. The van der Waals surface area contributed by atoms with Gasteiger partial charge in [-0.2, -0.15) is 0 Å². The maximum Gasteiger partial charge on any atom is 0.255 e. The molecule has 0 saturated heterocycles. The van der Waals surface area contributed by atoms with Gasteiger partial charge in [-0.1, -0.05) is 17.7 Å². The van der Waals surface area contributed by atoms with Gasteiger partial charge in [0.25, 0.3) is 5.91 Å². The van der Waals surface area contributed by atoms with Crippen molar-refractivity contribution in [3.05, 3.63) is 59.2 Å². The lowest BCUT2D eigenvalue weighted by molar-refractivity contribution is -0.114. The first-order valence-corrected chi connectivity index (χ1v) is 6.72. The van der Waals surface area contributed by atoms with E-state index < -0.39 is 0 Å². The number of rotatable bonds is 3. The molecule has 0 atom stereocenters. The van der Waals surface area contributed by atoms with Crippen LogP contribution in [0.25, 0.3) is 0 Å². The second-order valence-corrected chi connectivity index (χ2v) is 5.03. The third-order valence-corrected chi connectivity index (χ3v) is 3.09. The van der Waals surface area contributed by atoms with E-state index in [0.29, 0.717) is 16.9 Å². The molecule has 2 aromatic carbocycles. The first kappa shape index (κ1) is 14.8. The van der Waals surface area contributed by atoms with E-state index >= 15 is 0 Å². The van der Waals surface area contributed by atoms with E-state index in [1.807, 2.05) is 32.0 Å². The van der Waals surface area contributed by atoms with Crippen LogP contribution in [0.3, 0.4) is 0 Å². The molecule has 0 fully saturated rings. The molecule has 4 nitrogen and oxygen atoms in total. The number of carbonyl (C=O) groups excluding carboxylic acids is 2. The zero-order valence-electron chi connectivity index (χ0n) is 12.4. The number of benzene rings is 2. The van der Waals surface area contributed by atoms with Crippen LogP contribution >= 0.6 is 0 Å². The van der Waals surface area contributed by atoms with Gasteiger partial charge in [0, 0.05) is 23.9 Å². The van der Waals surface area contributed by atoms with Crippen molar-refractivity contribution in [1.29, 1.82) is 0 Å². The third-order valence-electron chi connectivity index (χ3n) is 3.09. The molecule has 0 spiro atoms. The van der Waals surface area contributed by atoms with E-state index in [1.54, 1.807) is 24.3 Å². The molecule has 0 saturated carbocycles. The number of hydrogen-bond donors (Lipinski definition) is 2. The predicted molar refractivity (Wildman–Crippen MR) is 84.6 cm³/mol. The summed E-state index contributed by atoms with van der Waals surface area (Å²) in [5, 5.41) is 5.53.